The van der Waals surface area contributed by atoms with Gasteiger partial charge in [-0.1, -0.05) is 30.0 Å². The fourth-order valence-electron chi connectivity index (χ4n) is 4.18. The predicted molar refractivity (Wildman–Crippen MR) is 138 cm³/mol. The van der Waals surface area contributed by atoms with E-state index in [9.17, 15) is 9.59 Å². The van der Waals surface area contributed by atoms with Gasteiger partial charge in [-0.3, -0.25) is 9.59 Å². The maximum Gasteiger partial charge on any atom is 0.275 e. The summed E-state index contributed by atoms with van der Waals surface area (Å²) in [6.07, 6.45) is 2.26. The van der Waals surface area contributed by atoms with Gasteiger partial charge in [0, 0.05) is 28.8 Å². The van der Waals surface area contributed by atoms with Crippen LogP contribution in [0.15, 0.2) is 59.0 Å². The highest BCUT2D eigenvalue weighted by atomic mass is 32.2. The molecule has 2 aliphatic heterocycles. The first-order valence-electron chi connectivity index (χ1n) is 11.3. The molecule has 0 bridgehead atoms. The van der Waals surface area contributed by atoms with Crippen molar-refractivity contribution in [1.82, 2.24) is 15.3 Å². The third-order valence-corrected chi connectivity index (χ3v) is 8.14. The van der Waals surface area contributed by atoms with Gasteiger partial charge < -0.3 is 15.4 Å². The minimum atomic E-state index is -0.753. The maximum absolute atomic E-state index is 12.7. The van der Waals surface area contributed by atoms with Gasteiger partial charge in [0.25, 0.3) is 11.8 Å². The first kappa shape index (κ1) is 24.1. The highest BCUT2D eigenvalue weighted by Gasteiger charge is 2.49. The summed E-state index contributed by atoms with van der Waals surface area (Å²) >= 11 is 2.92. The van der Waals surface area contributed by atoms with Gasteiger partial charge in [-0.2, -0.15) is 5.26 Å². The van der Waals surface area contributed by atoms with E-state index in [4.69, 9.17) is 20.0 Å². The summed E-state index contributed by atoms with van der Waals surface area (Å²) in [7, 11) is 0. The average Bonchev–Trinajstić information content (AvgIpc) is 3.38. The fraction of sp³-hybridized carbons (Fsp3) is 0.280. The highest BCUT2D eigenvalue weighted by Crippen LogP contribution is 2.47. The van der Waals surface area contributed by atoms with Crippen LogP contribution in [0.5, 0.6) is 0 Å². The molecule has 2 aliphatic rings. The Morgan fingerprint density at radius 3 is 2.75 bits per heavy atom. The Bertz CT molecular complexity index is 1350. The largest absolute Gasteiger partial charge is 0.375 e. The van der Waals surface area contributed by atoms with Crippen LogP contribution in [0.25, 0.3) is 0 Å². The van der Waals surface area contributed by atoms with Crippen molar-refractivity contribution in [2.75, 3.05) is 17.7 Å². The fourth-order valence-corrected chi connectivity index (χ4v) is 6.31. The molecule has 2 N–H and O–H groups in total. The number of amidine groups is 1. The number of rotatable bonds is 4. The Morgan fingerprint density at radius 2 is 2.00 bits per heavy atom. The predicted octanol–water partition coefficient (Wildman–Crippen LogP) is 3.82. The van der Waals surface area contributed by atoms with Crippen molar-refractivity contribution in [1.29, 1.82) is 5.26 Å². The van der Waals surface area contributed by atoms with E-state index in [0.717, 1.165) is 12.2 Å². The first-order chi connectivity index (χ1) is 17.5. The molecule has 4 heterocycles. The van der Waals surface area contributed by atoms with E-state index in [0.29, 0.717) is 33.7 Å². The number of nitrogens with zero attached hydrogens (tertiary/aromatic N) is 4. The lowest BCUT2D eigenvalue weighted by Gasteiger charge is -2.44. The molecular formula is C25H22N6O3S2. The van der Waals surface area contributed by atoms with E-state index in [2.05, 4.69) is 15.6 Å². The summed E-state index contributed by atoms with van der Waals surface area (Å²) in [6, 6.07) is 14.0. The van der Waals surface area contributed by atoms with E-state index in [1.165, 1.54) is 41.4 Å². The summed E-state index contributed by atoms with van der Waals surface area (Å²) in [5.41, 5.74) is 0.369. The molecule has 5 rings (SSSR count). The number of hydrogen-bond donors (Lipinski definition) is 2. The number of aromatic nitrogens is 2. The molecule has 0 aliphatic carbocycles. The molecular weight excluding hydrogens is 496 g/mol. The Kier molecular flexibility index (Phi) is 6.82. The van der Waals surface area contributed by atoms with Crippen molar-refractivity contribution in [3.8, 4) is 6.07 Å². The minimum Gasteiger partial charge on any atom is -0.375 e. The maximum atomic E-state index is 12.7. The van der Waals surface area contributed by atoms with E-state index in [-0.39, 0.29) is 23.6 Å². The molecule has 1 saturated heterocycles. The average molecular weight is 519 g/mol. The number of nitriles is 1. The van der Waals surface area contributed by atoms with E-state index >= 15 is 0 Å². The van der Waals surface area contributed by atoms with Crippen LogP contribution < -0.4 is 10.6 Å². The van der Waals surface area contributed by atoms with Gasteiger partial charge in [0.15, 0.2) is 5.17 Å². The quantitative estimate of drug-likeness (QED) is 0.537. The summed E-state index contributed by atoms with van der Waals surface area (Å²) < 4.78 is 6.04. The number of pyridine rings is 1. The molecule has 11 heteroatoms. The second-order valence-corrected chi connectivity index (χ2v) is 10.4. The van der Waals surface area contributed by atoms with Crippen molar-refractivity contribution < 1.29 is 14.3 Å². The molecule has 3 atom stereocenters. The molecule has 182 valence electrons. The SMILES string of the molecule is C[C@H]1C[C@H]2CSC(NC(=O)c3ccccc3)=NC2(c2nc(NC(=O)c3ccc(C#N)cn3)cs2)CO1. The molecule has 3 aromatic rings. The molecule has 9 nitrogen and oxygen atoms in total. The summed E-state index contributed by atoms with van der Waals surface area (Å²) in [5, 5.41) is 17.6. The number of hydrogen-bond acceptors (Lipinski definition) is 9. The lowest BCUT2D eigenvalue weighted by molar-refractivity contribution is -0.0466. The van der Waals surface area contributed by atoms with Crippen LogP contribution in [0.2, 0.25) is 0 Å². The van der Waals surface area contributed by atoms with Crippen LogP contribution in [0.1, 0.15) is 44.8 Å². The molecule has 1 unspecified atom stereocenters. The van der Waals surface area contributed by atoms with E-state index in [1.807, 2.05) is 31.2 Å². The van der Waals surface area contributed by atoms with Crippen molar-refractivity contribution in [3.63, 3.8) is 0 Å². The Morgan fingerprint density at radius 1 is 1.17 bits per heavy atom. The number of carbonyl (C=O) groups excluding carboxylic acids is 2. The normalized spacial score (nSPS) is 23.1. The van der Waals surface area contributed by atoms with E-state index in [1.54, 1.807) is 17.5 Å². The number of ether oxygens (including phenoxy) is 1. The van der Waals surface area contributed by atoms with Crippen molar-refractivity contribution in [2.24, 2.45) is 10.9 Å². The van der Waals surface area contributed by atoms with Crippen LogP contribution in [0, 0.1) is 17.2 Å². The molecule has 36 heavy (non-hydrogen) atoms. The molecule has 0 radical (unpaired) electrons. The summed E-state index contributed by atoms with van der Waals surface area (Å²) in [6.45, 7) is 2.38. The molecule has 1 fully saturated rings. The number of aliphatic imine (C=N–C) groups is 1. The lowest BCUT2D eigenvalue weighted by Crippen LogP contribution is -2.50. The number of carbonyl (C=O) groups is 2. The Balaban J connectivity index is 1.39. The van der Waals surface area contributed by atoms with Crippen molar-refractivity contribution in [3.05, 3.63) is 75.9 Å². The summed E-state index contributed by atoms with van der Waals surface area (Å²) in [5.74, 6) is 0.678. The van der Waals surface area contributed by atoms with Gasteiger partial charge >= 0.3 is 0 Å². The molecule has 0 spiro atoms. The number of anilines is 1. The van der Waals surface area contributed by atoms with Gasteiger partial charge in [-0.15, -0.1) is 11.3 Å². The van der Waals surface area contributed by atoms with Crippen molar-refractivity contribution >= 4 is 45.9 Å². The third-order valence-electron chi connectivity index (χ3n) is 6.10. The molecule has 2 amide bonds. The van der Waals surface area contributed by atoms with Crippen LogP contribution in [0.4, 0.5) is 5.82 Å². The van der Waals surface area contributed by atoms with Gasteiger partial charge in [0.1, 0.15) is 28.1 Å². The number of benzene rings is 1. The van der Waals surface area contributed by atoms with Crippen molar-refractivity contribution in [2.45, 2.75) is 25.0 Å². The zero-order valence-electron chi connectivity index (χ0n) is 19.3. The Hall–Kier alpha value is -3.59. The number of thioether (sulfide) groups is 1. The van der Waals surface area contributed by atoms with Crippen LogP contribution in [-0.2, 0) is 10.3 Å². The minimum absolute atomic E-state index is 0.0981. The van der Waals surface area contributed by atoms with E-state index < -0.39 is 11.4 Å². The second kappa shape index (κ2) is 10.2. The lowest BCUT2D eigenvalue weighted by atomic mass is 9.80. The Labute approximate surface area is 216 Å². The third kappa shape index (κ3) is 4.88. The standard InChI is InChI=1S/C25H22N6O3S2/c1-15-9-18-12-36-24(30-21(32)17-5-3-2-4-6-17)31-25(18,14-34-15)23-29-20(13-35-23)28-22(33)19-8-7-16(10-26)11-27-19/h2-8,11,13,15,18H,9,12,14H2,1H3,(H,28,33)(H,30,31,32)/t15-,18-,25?/m0/s1. The van der Waals surface area contributed by atoms with Crippen LogP contribution in [0.3, 0.4) is 0 Å². The number of amides is 2. The molecule has 1 aromatic carbocycles. The smallest absolute Gasteiger partial charge is 0.275 e. The monoisotopic (exact) mass is 518 g/mol. The number of fused-ring (bicyclic) bond motifs is 1. The number of nitrogens with one attached hydrogen (secondary N) is 2. The molecule has 2 aromatic heterocycles. The van der Waals surface area contributed by atoms with Gasteiger partial charge in [-0.25, -0.2) is 15.0 Å². The number of thiazole rings is 1. The summed E-state index contributed by atoms with van der Waals surface area (Å²) in [4.78, 5) is 39.1. The van der Waals surface area contributed by atoms with Crippen LogP contribution >= 0.6 is 23.1 Å². The van der Waals surface area contributed by atoms with Gasteiger partial charge in [0.2, 0.25) is 0 Å². The zero-order valence-corrected chi connectivity index (χ0v) is 20.9. The topological polar surface area (TPSA) is 129 Å². The molecule has 0 saturated carbocycles. The zero-order chi connectivity index (χ0) is 25.1. The second-order valence-electron chi connectivity index (χ2n) is 8.56. The van der Waals surface area contributed by atoms with Gasteiger partial charge in [-0.05, 0) is 37.6 Å². The first-order valence-corrected chi connectivity index (χ1v) is 13.2. The van der Waals surface area contributed by atoms with Crippen LogP contribution in [-0.4, -0.2) is 45.4 Å². The highest BCUT2D eigenvalue weighted by molar-refractivity contribution is 8.13. The van der Waals surface area contributed by atoms with Gasteiger partial charge in [0.05, 0.1) is 18.3 Å².